The van der Waals surface area contributed by atoms with Crippen molar-refractivity contribution in [1.29, 1.82) is 0 Å². The third-order valence-corrected chi connectivity index (χ3v) is 4.37. The van der Waals surface area contributed by atoms with Crippen LogP contribution in [0.25, 0.3) is 0 Å². The predicted molar refractivity (Wildman–Crippen MR) is 72.0 cm³/mol. The maximum absolute atomic E-state index is 12.1. The molecule has 0 bridgehead atoms. The molecule has 1 saturated carbocycles. The Hall–Kier alpha value is -1.26. The van der Waals surface area contributed by atoms with Crippen LogP contribution in [0, 0.1) is 5.92 Å². The van der Waals surface area contributed by atoms with E-state index in [2.05, 4.69) is 5.32 Å². The van der Waals surface area contributed by atoms with E-state index in [1.807, 2.05) is 4.90 Å². The first-order valence-corrected chi connectivity index (χ1v) is 7.45. The summed E-state index contributed by atoms with van der Waals surface area (Å²) in [6, 6.07) is 0.305. The average Bonchev–Trinajstić information content (AvgIpc) is 2.88. The highest BCUT2D eigenvalue weighted by molar-refractivity contribution is 5.75. The van der Waals surface area contributed by atoms with Gasteiger partial charge in [0.1, 0.15) is 0 Å². The molecule has 19 heavy (non-hydrogen) atoms. The van der Waals surface area contributed by atoms with E-state index < -0.39 is 5.97 Å². The van der Waals surface area contributed by atoms with Gasteiger partial charge in [0.15, 0.2) is 0 Å². The highest BCUT2D eigenvalue weighted by Crippen LogP contribution is 2.34. The Morgan fingerprint density at radius 3 is 2.53 bits per heavy atom. The number of rotatable bonds is 4. The van der Waals surface area contributed by atoms with Crippen LogP contribution in [0.15, 0.2) is 0 Å². The van der Waals surface area contributed by atoms with E-state index in [1.165, 1.54) is 32.1 Å². The maximum Gasteiger partial charge on any atom is 0.317 e. The molecule has 2 N–H and O–H groups in total. The number of carbonyl (C=O) groups is 2. The molecule has 1 heterocycles. The van der Waals surface area contributed by atoms with Gasteiger partial charge in [-0.2, -0.15) is 0 Å². The van der Waals surface area contributed by atoms with Gasteiger partial charge in [-0.1, -0.05) is 19.3 Å². The summed E-state index contributed by atoms with van der Waals surface area (Å²) in [5.41, 5.74) is 0. The molecule has 2 fully saturated rings. The van der Waals surface area contributed by atoms with Gasteiger partial charge in [-0.25, -0.2) is 4.79 Å². The minimum atomic E-state index is -0.870. The first-order chi connectivity index (χ1) is 9.18. The molecule has 108 valence electrons. The summed E-state index contributed by atoms with van der Waals surface area (Å²) in [6.45, 7) is 1.04. The number of nitrogens with zero attached hydrogens (tertiary/aromatic N) is 1. The topological polar surface area (TPSA) is 69.6 Å². The second-order valence-electron chi connectivity index (χ2n) is 5.68. The number of hydrogen-bond acceptors (Lipinski definition) is 2. The van der Waals surface area contributed by atoms with Gasteiger partial charge in [0.25, 0.3) is 0 Å². The van der Waals surface area contributed by atoms with Crippen molar-refractivity contribution in [1.82, 2.24) is 10.2 Å². The van der Waals surface area contributed by atoms with Crippen LogP contribution >= 0.6 is 0 Å². The molecule has 1 aliphatic carbocycles. The van der Waals surface area contributed by atoms with Crippen molar-refractivity contribution in [3.8, 4) is 0 Å². The number of hydrogen-bond donors (Lipinski definition) is 2. The average molecular weight is 268 g/mol. The summed E-state index contributed by atoms with van der Waals surface area (Å²) >= 11 is 0. The van der Waals surface area contributed by atoms with Crippen LogP contribution in [0.4, 0.5) is 4.79 Å². The molecule has 1 aliphatic heterocycles. The zero-order valence-corrected chi connectivity index (χ0v) is 11.4. The summed E-state index contributed by atoms with van der Waals surface area (Å²) in [7, 11) is 0. The Balaban J connectivity index is 1.83. The third-order valence-electron chi connectivity index (χ3n) is 4.37. The molecule has 0 spiro atoms. The lowest BCUT2D eigenvalue weighted by Crippen LogP contribution is -2.46. The van der Waals surface area contributed by atoms with Gasteiger partial charge in [-0.05, 0) is 31.6 Å². The Labute approximate surface area is 114 Å². The molecule has 0 aromatic carbocycles. The van der Waals surface area contributed by atoms with Gasteiger partial charge in [-0.3, -0.25) is 4.79 Å². The molecule has 5 nitrogen and oxygen atoms in total. The molecule has 0 aromatic rings. The van der Waals surface area contributed by atoms with E-state index in [0.29, 0.717) is 12.0 Å². The second-order valence-corrected chi connectivity index (χ2v) is 5.68. The van der Waals surface area contributed by atoms with Crippen LogP contribution in [0.3, 0.4) is 0 Å². The van der Waals surface area contributed by atoms with Crippen LogP contribution in [-0.4, -0.2) is 41.1 Å². The highest BCUT2D eigenvalue weighted by Gasteiger charge is 2.34. The van der Waals surface area contributed by atoms with Crippen LogP contribution in [-0.2, 0) is 4.79 Å². The molecular formula is C14H24N2O3. The largest absolute Gasteiger partial charge is 0.481 e. The summed E-state index contributed by atoms with van der Waals surface area (Å²) in [4.78, 5) is 24.5. The zero-order valence-electron chi connectivity index (χ0n) is 11.4. The van der Waals surface area contributed by atoms with E-state index in [4.69, 9.17) is 5.11 Å². The lowest BCUT2D eigenvalue weighted by Gasteiger charge is -2.34. The highest BCUT2D eigenvalue weighted by atomic mass is 16.4. The quantitative estimate of drug-likeness (QED) is 0.821. The summed E-state index contributed by atoms with van der Waals surface area (Å²) in [5.74, 6) is -0.216. The molecule has 5 heteroatoms. The van der Waals surface area contributed by atoms with Gasteiger partial charge >= 0.3 is 12.0 Å². The van der Waals surface area contributed by atoms with E-state index >= 15 is 0 Å². The fraction of sp³-hybridized carbons (Fsp3) is 0.857. The molecule has 0 aromatic heterocycles. The smallest absolute Gasteiger partial charge is 0.317 e. The number of carboxylic acids is 1. The van der Waals surface area contributed by atoms with Gasteiger partial charge in [-0.15, -0.1) is 0 Å². The van der Waals surface area contributed by atoms with Crippen LogP contribution in [0.2, 0.25) is 0 Å². The summed E-state index contributed by atoms with van der Waals surface area (Å²) in [6.07, 6.45) is 8.56. The van der Waals surface area contributed by atoms with E-state index in [-0.39, 0.29) is 19.0 Å². The van der Waals surface area contributed by atoms with Gasteiger partial charge in [0.2, 0.25) is 0 Å². The third kappa shape index (κ3) is 3.85. The maximum atomic E-state index is 12.1. The molecule has 2 amide bonds. The Morgan fingerprint density at radius 2 is 1.84 bits per heavy atom. The molecule has 0 radical (unpaired) electrons. The van der Waals surface area contributed by atoms with Crippen LogP contribution in [0.1, 0.15) is 51.4 Å². The molecule has 1 unspecified atom stereocenters. The molecule has 2 aliphatic rings. The van der Waals surface area contributed by atoms with Crippen molar-refractivity contribution >= 4 is 12.0 Å². The van der Waals surface area contributed by atoms with Crippen molar-refractivity contribution in [2.75, 3.05) is 13.1 Å². The van der Waals surface area contributed by atoms with Gasteiger partial charge in [0, 0.05) is 19.1 Å². The van der Waals surface area contributed by atoms with Crippen molar-refractivity contribution in [2.45, 2.75) is 57.4 Å². The fourth-order valence-electron chi connectivity index (χ4n) is 3.43. The van der Waals surface area contributed by atoms with E-state index in [1.54, 1.807) is 0 Å². The van der Waals surface area contributed by atoms with Gasteiger partial charge < -0.3 is 15.3 Å². The lowest BCUT2D eigenvalue weighted by molar-refractivity contribution is -0.136. The normalized spacial score (nSPS) is 24.4. The number of likely N-dealkylation sites (tertiary alicyclic amines) is 1. The number of aliphatic carboxylic acids is 1. The number of nitrogens with one attached hydrogen (secondary N) is 1. The minimum absolute atomic E-state index is 0.00627. The summed E-state index contributed by atoms with van der Waals surface area (Å²) in [5, 5.41) is 11.3. The number of urea groups is 1. The molecule has 1 atom stereocenters. The van der Waals surface area contributed by atoms with Crippen LogP contribution in [0.5, 0.6) is 0 Å². The number of amides is 2. The predicted octanol–water partition coefficient (Wildman–Crippen LogP) is 2.22. The van der Waals surface area contributed by atoms with Crippen molar-refractivity contribution in [3.05, 3.63) is 0 Å². The Bertz CT molecular complexity index is 327. The van der Waals surface area contributed by atoms with Crippen molar-refractivity contribution in [2.24, 2.45) is 5.92 Å². The van der Waals surface area contributed by atoms with E-state index in [9.17, 15) is 9.59 Å². The zero-order chi connectivity index (χ0) is 13.7. The number of carboxylic acid groups (broad SMARTS) is 1. The van der Waals surface area contributed by atoms with E-state index in [0.717, 1.165) is 19.4 Å². The molecule has 2 rings (SSSR count). The fourth-order valence-corrected chi connectivity index (χ4v) is 3.43. The summed E-state index contributed by atoms with van der Waals surface area (Å²) < 4.78 is 0. The Morgan fingerprint density at radius 1 is 1.11 bits per heavy atom. The van der Waals surface area contributed by atoms with Crippen molar-refractivity contribution in [3.63, 3.8) is 0 Å². The SMILES string of the molecule is O=C(O)CCNC(=O)N1CCCC1C1CCCCC1. The minimum Gasteiger partial charge on any atom is -0.481 e. The Kier molecular flexibility index (Phi) is 5.05. The van der Waals surface area contributed by atoms with Crippen molar-refractivity contribution < 1.29 is 14.7 Å². The second kappa shape index (κ2) is 6.78. The monoisotopic (exact) mass is 268 g/mol. The molecule has 1 saturated heterocycles. The first-order valence-electron chi connectivity index (χ1n) is 7.45. The van der Waals surface area contributed by atoms with Gasteiger partial charge in [0.05, 0.1) is 6.42 Å². The standard InChI is InChI=1S/C14H24N2O3/c17-13(18)8-9-15-14(19)16-10-4-7-12(16)11-5-2-1-3-6-11/h11-12H,1-10H2,(H,15,19)(H,17,18). The molecular weight excluding hydrogens is 244 g/mol. The van der Waals surface area contributed by atoms with Crippen LogP contribution < -0.4 is 5.32 Å². The number of carbonyl (C=O) groups excluding carboxylic acids is 1. The lowest BCUT2D eigenvalue weighted by atomic mass is 9.83. The first kappa shape index (κ1) is 14.2.